The molecule has 3 aromatic heterocycles. The third-order valence-electron chi connectivity index (χ3n) is 3.43. The molecule has 0 saturated heterocycles. The van der Waals surface area contributed by atoms with Gasteiger partial charge in [-0.2, -0.15) is 0 Å². The van der Waals surface area contributed by atoms with Crippen LogP contribution in [0.1, 0.15) is 5.69 Å². The molecule has 0 radical (unpaired) electrons. The van der Waals surface area contributed by atoms with Crippen molar-refractivity contribution in [1.82, 2.24) is 24.7 Å². The zero-order valence-electron chi connectivity index (χ0n) is 12.2. The van der Waals surface area contributed by atoms with Crippen molar-refractivity contribution in [2.24, 2.45) is 0 Å². The predicted molar refractivity (Wildman–Crippen MR) is 86.0 cm³/mol. The first kappa shape index (κ1) is 13.8. The van der Waals surface area contributed by atoms with Crippen molar-refractivity contribution in [3.8, 4) is 11.4 Å². The molecular formula is C15H12N6OS. The van der Waals surface area contributed by atoms with Gasteiger partial charge in [-0.25, -0.2) is 14.6 Å². The number of imidazole rings is 1. The number of nitrogens with two attached hydrogens (primary N) is 1. The minimum Gasteiger partial charge on any atom is -0.379 e. The van der Waals surface area contributed by atoms with Crippen LogP contribution < -0.4 is 5.73 Å². The number of rotatable bonds is 3. The van der Waals surface area contributed by atoms with Crippen molar-refractivity contribution in [2.75, 3.05) is 5.73 Å². The summed E-state index contributed by atoms with van der Waals surface area (Å²) in [6.07, 6.45) is 3.67. The minimum absolute atomic E-state index is 0.225. The fourth-order valence-corrected chi connectivity index (χ4v) is 3.10. The van der Waals surface area contributed by atoms with Gasteiger partial charge in [0.1, 0.15) is 10.7 Å². The van der Waals surface area contributed by atoms with Crippen LogP contribution in [0, 0.1) is 6.92 Å². The van der Waals surface area contributed by atoms with E-state index in [1.165, 1.54) is 0 Å². The second-order valence-corrected chi connectivity index (χ2v) is 6.01. The maximum absolute atomic E-state index is 5.76. The van der Waals surface area contributed by atoms with Gasteiger partial charge in [0, 0.05) is 16.8 Å². The van der Waals surface area contributed by atoms with E-state index in [2.05, 4.69) is 24.9 Å². The summed E-state index contributed by atoms with van der Waals surface area (Å²) in [6, 6.07) is 10.1. The lowest BCUT2D eigenvalue weighted by molar-refractivity contribution is 0.310. The fourth-order valence-electron chi connectivity index (χ4n) is 2.30. The number of nitrogen functional groups attached to an aromatic ring is 1. The molecule has 8 heteroatoms. The molecule has 4 rings (SSSR count). The van der Waals surface area contributed by atoms with Crippen molar-refractivity contribution < 1.29 is 4.63 Å². The maximum atomic E-state index is 5.76. The van der Waals surface area contributed by atoms with E-state index in [1.807, 2.05) is 47.9 Å². The van der Waals surface area contributed by atoms with Gasteiger partial charge in [-0.15, -0.1) is 0 Å². The molecule has 0 unspecified atom stereocenters. The maximum Gasteiger partial charge on any atom is 0.198 e. The van der Waals surface area contributed by atoms with Crippen LogP contribution >= 0.6 is 11.8 Å². The summed E-state index contributed by atoms with van der Waals surface area (Å²) in [4.78, 5) is 10.1. The Morgan fingerprint density at radius 1 is 1.13 bits per heavy atom. The van der Waals surface area contributed by atoms with Crippen LogP contribution in [0.4, 0.5) is 5.82 Å². The van der Waals surface area contributed by atoms with E-state index in [0.717, 1.165) is 21.3 Å². The summed E-state index contributed by atoms with van der Waals surface area (Å²) in [5.41, 5.74) is 8.47. The van der Waals surface area contributed by atoms with Crippen LogP contribution in [0.3, 0.4) is 0 Å². The zero-order valence-corrected chi connectivity index (χ0v) is 13.0. The summed E-state index contributed by atoms with van der Waals surface area (Å²) in [5.74, 6) is 0.225. The molecule has 1 aromatic carbocycles. The van der Waals surface area contributed by atoms with Crippen LogP contribution in [0.25, 0.3) is 17.0 Å². The molecule has 0 atom stereocenters. The fraction of sp³-hybridized carbons (Fsp3) is 0.0667. The first-order chi connectivity index (χ1) is 11.2. The van der Waals surface area contributed by atoms with E-state index in [0.29, 0.717) is 11.4 Å². The number of fused-ring (bicyclic) bond motifs is 1. The summed E-state index contributed by atoms with van der Waals surface area (Å²) in [6.45, 7) is 1.94. The summed E-state index contributed by atoms with van der Waals surface area (Å²) < 4.78 is 6.62. The van der Waals surface area contributed by atoms with Gasteiger partial charge in [0.2, 0.25) is 0 Å². The van der Waals surface area contributed by atoms with Crippen molar-refractivity contribution >= 4 is 23.2 Å². The molecule has 0 fully saturated rings. The Hall–Kier alpha value is -2.87. The van der Waals surface area contributed by atoms with Gasteiger partial charge in [0.25, 0.3) is 0 Å². The molecule has 4 aromatic rings. The molecule has 0 saturated carbocycles. The van der Waals surface area contributed by atoms with Crippen LogP contribution in [0.2, 0.25) is 0 Å². The summed E-state index contributed by atoms with van der Waals surface area (Å²) in [5, 5.41) is 8.30. The molecule has 0 spiro atoms. The molecule has 0 amide bonds. The minimum atomic E-state index is 0.225. The number of hydrogen-bond donors (Lipinski definition) is 1. The van der Waals surface area contributed by atoms with Crippen LogP contribution in [-0.4, -0.2) is 24.7 Å². The predicted octanol–water partition coefficient (Wildman–Crippen LogP) is 2.82. The molecule has 7 nitrogen and oxygen atoms in total. The van der Waals surface area contributed by atoms with Gasteiger partial charge in [-0.1, -0.05) is 30.0 Å². The molecule has 0 aliphatic rings. The second kappa shape index (κ2) is 5.40. The van der Waals surface area contributed by atoms with Gasteiger partial charge >= 0.3 is 0 Å². The highest BCUT2D eigenvalue weighted by molar-refractivity contribution is 7.99. The van der Waals surface area contributed by atoms with Gasteiger partial charge in [0.15, 0.2) is 17.2 Å². The lowest BCUT2D eigenvalue weighted by atomic mass is 10.2. The van der Waals surface area contributed by atoms with E-state index < -0.39 is 0 Å². The van der Waals surface area contributed by atoms with E-state index in [9.17, 15) is 0 Å². The molecule has 0 aliphatic heterocycles. The smallest absolute Gasteiger partial charge is 0.198 e. The largest absolute Gasteiger partial charge is 0.379 e. The molecule has 2 N–H and O–H groups in total. The van der Waals surface area contributed by atoms with Gasteiger partial charge < -0.3 is 5.73 Å². The number of hydrogen-bond acceptors (Lipinski definition) is 7. The summed E-state index contributed by atoms with van der Waals surface area (Å²) in [7, 11) is 0. The van der Waals surface area contributed by atoms with Crippen LogP contribution in [0.15, 0.2) is 57.3 Å². The van der Waals surface area contributed by atoms with E-state index in [1.54, 1.807) is 18.0 Å². The molecule has 114 valence electrons. The zero-order chi connectivity index (χ0) is 15.8. The highest BCUT2D eigenvalue weighted by Crippen LogP contribution is 2.29. The molecule has 3 heterocycles. The third-order valence-corrected chi connectivity index (χ3v) is 4.36. The average molecular weight is 324 g/mol. The average Bonchev–Trinajstić information content (AvgIpc) is 3.12. The first-order valence-corrected chi connectivity index (χ1v) is 7.70. The highest BCUT2D eigenvalue weighted by atomic mass is 32.2. The third kappa shape index (κ3) is 2.42. The highest BCUT2D eigenvalue weighted by Gasteiger charge is 2.18. The normalized spacial score (nSPS) is 11.2. The van der Waals surface area contributed by atoms with E-state index in [-0.39, 0.29) is 5.82 Å². The van der Waals surface area contributed by atoms with Gasteiger partial charge in [-0.05, 0) is 29.4 Å². The lowest BCUT2D eigenvalue weighted by Gasteiger charge is -2.02. The SMILES string of the molecule is Cc1c(-c2nonc2N)nc2cnc(Sc3ccccc3)cn12. The van der Waals surface area contributed by atoms with Crippen molar-refractivity contribution in [3.05, 3.63) is 48.4 Å². The number of benzene rings is 1. The Morgan fingerprint density at radius 2 is 1.96 bits per heavy atom. The number of aromatic nitrogens is 5. The second-order valence-electron chi connectivity index (χ2n) is 4.91. The summed E-state index contributed by atoms with van der Waals surface area (Å²) >= 11 is 1.59. The van der Waals surface area contributed by atoms with E-state index >= 15 is 0 Å². The molecule has 0 bridgehead atoms. The number of aryl methyl sites for hydroxylation is 1. The molecular weight excluding hydrogens is 312 g/mol. The van der Waals surface area contributed by atoms with Crippen molar-refractivity contribution in [2.45, 2.75) is 16.8 Å². The Morgan fingerprint density at radius 3 is 2.70 bits per heavy atom. The first-order valence-electron chi connectivity index (χ1n) is 6.88. The van der Waals surface area contributed by atoms with Crippen molar-refractivity contribution in [3.63, 3.8) is 0 Å². The topological polar surface area (TPSA) is 95.1 Å². The molecule has 0 aliphatic carbocycles. The van der Waals surface area contributed by atoms with Gasteiger partial charge in [-0.3, -0.25) is 4.40 Å². The standard InChI is InChI=1S/C15H12N6OS/c1-9-13(14-15(16)20-22-19-14)18-11-7-17-12(8-21(9)11)23-10-5-3-2-4-6-10/h2-8H,1H3,(H2,16,20). The Labute approximate surface area is 135 Å². The van der Waals surface area contributed by atoms with Gasteiger partial charge in [0.05, 0.1) is 6.20 Å². The Bertz CT molecular complexity index is 978. The van der Waals surface area contributed by atoms with Crippen LogP contribution in [0.5, 0.6) is 0 Å². The Kier molecular flexibility index (Phi) is 3.23. The van der Waals surface area contributed by atoms with E-state index in [4.69, 9.17) is 5.73 Å². The lowest BCUT2D eigenvalue weighted by Crippen LogP contribution is -1.92. The van der Waals surface area contributed by atoms with Crippen LogP contribution in [-0.2, 0) is 0 Å². The Balaban J connectivity index is 1.77. The number of nitrogens with zero attached hydrogens (tertiary/aromatic N) is 5. The number of anilines is 1. The quantitative estimate of drug-likeness (QED) is 0.619. The monoisotopic (exact) mass is 324 g/mol. The molecule has 23 heavy (non-hydrogen) atoms. The van der Waals surface area contributed by atoms with Crippen molar-refractivity contribution in [1.29, 1.82) is 0 Å².